The van der Waals surface area contributed by atoms with Crippen molar-refractivity contribution in [2.75, 3.05) is 6.54 Å². The third kappa shape index (κ3) is 8.42. The van der Waals surface area contributed by atoms with Gasteiger partial charge in [0.25, 0.3) is 5.91 Å². The number of carbonyl (C=O) groups excluding carboxylic acids is 4. The molecular formula is C34H44FN5O8S. The molecule has 4 amide bonds. The molecule has 0 spiro atoms. The lowest BCUT2D eigenvalue weighted by atomic mass is 10.0. The molecule has 3 saturated carbocycles. The van der Waals surface area contributed by atoms with E-state index in [1.807, 2.05) is 12.2 Å². The van der Waals surface area contributed by atoms with Crippen molar-refractivity contribution >= 4 is 40.1 Å². The fourth-order valence-electron chi connectivity index (χ4n) is 6.93. The highest BCUT2D eigenvalue weighted by molar-refractivity contribution is 7.91. The first kappa shape index (κ1) is 34.8. The Morgan fingerprint density at radius 3 is 2.53 bits per heavy atom. The maximum Gasteiger partial charge on any atom is 0.408 e. The van der Waals surface area contributed by atoms with Crippen LogP contribution in [0.15, 0.2) is 41.6 Å². The molecular weight excluding hydrogens is 657 g/mol. The Balaban J connectivity index is 1.24. The van der Waals surface area contributed by atoms with Gasteiger partial charge in [0.2, 0.25) is 21.8 Å². The third-order valence-corrected chi connectivity index (χ3v) is 11.8. The molecule has 49 heavy (non-hydrogen) atoms. The summed E-state index contributed by atoms with van der Waals surface area (Å²) >= 11 is 0. The lowest BCUT2D eigenvalue weighted by Crippen LogP contribution is -2.58. The number of ether oxygens (including phenoxy) is 1. The lowest BCUT2D eigenvalue weighted by molar-refractivity contribution is -0.141. The number of rotatable bonds is 8. The van der Waals surface area contributed by atoms with Crippen LogP contribution in [0.25, 0.3) is 0 Å². The topological polar surface area (TPSA) is 173 Å². The number of benzene rings is 1. The van der Waals surface area contributed by atoms with Crippen molar-refractivity contribution in [1.29, 1.82) is 0 Å². The summed E-state index contributed by atoms with van der Waals surface area (Å²) in [6.07, 6.45) is 11.1. The smallest absolute Gasteiger partial charge is 0.408 e. The molecule has 3 N–H and O–H groups in total. The molecule has 0 bridgehead atoms. The van der Waals surface area contributed by atoms with E-state index in [-0.39, 0.29) is 31.1 Å². The monoisotopic (exact) mass is 701 g/mol. The number of sulfonamides is 1. The largest absolute Gasteiger partial charge is 0.446 e. The van der Waals surface area contributed by atoms with Gasteiger partial charge in [-0.3, -0.25) is 19.1 Å². The fraction of sp³-hybridized carbons (Fsp3) is 0.618. The van der Waals surface area contributed by atoms with E-state index in [1.54, 1.807) is 12.1 Å². The molecule has 0 aromatic heterocycles. The van der Waals surface area contributed by atoms with Crippen LogP contribution >= 0.6 is 0 Å². The minimum Gasteiger partial charge on any atom is -0.446 e. The van der Waals surface area contributed by atoms with Crippen molar-refractivity contribution in [3.8, 4) is 0 Å². The maximum absolute atomic E-state index is 14.2. The van der Waals surface area contributed by atoms with E-state index in [0.717, 1.165) is 38.5 Å². The molecule has 6 rings (SSSR count). The average Bonchev–Trinajstić information content (AvgIpc) is 3.94. The van der Waals surface area contributed by atoms with Gasteiger partial charge in [-0.25, -0.2) is 17.6 Å². The molecule has 1 saturated heterocycles. The first-order chi connectivity index (χ1) is 23.6. The first-order valence-electron chi connectivity index (χ1n) is 17.3. The Labute approximate surface area is 285 Å². The Kier molecular flexibility index (Phi) is 10.6. The second-order valence-electron chi connectivity index (χ2n) is 13.7. The SMILES string of the molecule is O=C(N[C@H]1CCCCC/C=C\[C@@H]2CC2(C(=O)NS(=O)(=O)C2CC2)NC(=O)[C@@H]2C[C@@H](O/N=C/c3ccccc3F)CN2C1=O)OC1CCCC1. The molecule has 4 fully saturated rings. The highest BCUT2D eigenvalue weighted by atomic mass is 32.2. The Morgan fingerprint density at radius 2 is 1.78 bits per heavy atom. The van der Waals surface area contributed by atoms with Crippen molar-refractivity contribution < 1.29 is 41.6 Å². The van der Waals surface area contributed by atoms with Crippen molar-refractivity contribution in [2.45, 2.75) is 119 Å². The molecule has 0 radical (unpaired) electrons. The molecule has 5 atom stereocenters. The molecule has 2 aliphatic heterocycles. The van der Waals surface area contributed by atoms with Gasteiger partial charge in [0.1, 0.15) is 35.6 Å². The van der Waals surface area contributed by atoms with E-state index in [1.165, 1.54) is 23.2 Å². The van der Waals surface area contributed by atoms with Gasteiger partial charge in [-0.15, -0.1) is 0 Å². The lowest BCUT2D eigenvalue weighted by Gasteiger charge is -2.30. The van der Waals surface area contributed by atoms with Crippen LogP contribution in [0.5, 0.6) is 0 Å². The highest BCUT2D eigenvalue weighted by Crippen LogP contribution is 2.46. The predicted octanol–water partition coefficient (Wildman–Crippen LogP) is 3.19. The van der Waals surface area contributed by atoms with Gasteiger partial charge in [-0.05, 0) is 70.3 Å². The highest BCUT2D eigenvalue weighted by Gasteiger charge is 2.62. The van der Waals surface area contributed by atoms with Gasteiger partial charge in [0.05, 0.1) is 18.0 Å². The zero-order valence-electron chi connectivity index (χ0n) is 27.4. The number of fused-ring (bicyclic) bond motifs is 2. The van der Waals surface area contributed by atoms with Gasteiger partial charge in [0.15, 0.2) is 0 Å². The van der Waals surface area contributed by atoms with Gasteiger partial charge >= 0.3 is 6.09 Å². The van der Waals surface area contributed by atoms with Crippen LogP contribution in [-0.4, -0.2) is 85.0 Å². The summed E-state index contributed by atoms with van der Waals surface area (Å²) in [5.41, 5.74) is -1.31. The van der Waals surface area contributed by atoms with Gasteiger partial charge in [0, 0.05) is 17.9 Å². The van der Waals surface area contributed by atoms with Crippen LogP contribution in [0.1, 0.15) is 89.0 Å². The molecule has 15 heteroatoms. The molecule has 266 valence electrons. The predicted molar refractivity (Wildman–Crippen MR) is 176 cm³/mol. The quantitative estimate of drug-likeness (QED) is 0.211. The molecule has 5 aliphatic rings. The summed E-state index contributed by atoms with van der Waals surface area (Å²) in [6.45, 7) is -0.0695. The summed E-state index contributed by atoms with van der Waals surface area (Å²) < 4.78 is 47.3. The van der Waals surface area contributed by atoms with Gasteiger partial charge in [-0.2, -0.15) is 0 Å². The van der Waals surface area contributed by atoms with E-state index in [9.17, 15) is 32.0 Å². The summed E-state index contributed by atoms with van der Waals surface area (Å²) in [7, 11) is -3.88. The number of oxime groups is 1. The minimum absolute atomic E-state index is 0.00992. The zero-order chi connectivity index (χ0) is 34.6. The van der Waals surface area contributed by atoms with Gasteiger partial charge < -0.3 is 25.1 Å². The van der Waals surface area contributed by atoms with E-state index in [0.29, 0.717) is 32.1 Å². The summed E-state index contributed by atoms with van der Waals surface area (Å²) in [4.78, 5) is 61.7. The zero-order valence-corrected chi connectivity index (χ0v) is 28.2. The number of allylic oxidation sites excluding steroid dienone is 1. The summed E-state index contributed by atoms with van der Waals surface area (Å²) in [6, 6.07) is 3.88. The van der Waals surface area contributed by atoms with Crippen LogP contribution in [0.4, 0.5) is 9.18 Å². The number of carbonyl (C=O) groups is 4. The second kappa shape index (κ2) is 14.9. The van der Waals surface area contributed by atoms with Crippen LogP contribution in [0.3, 0.4) is 0 Å². The number of hydrogen-bond donors (Lipinski definition) is 3. The normalized spacial score (nSPS) is 30.3. The number of halogens is 1. The Bertz CT molecular complexity index is 1590. The van der Waals surface area contributed by atoms with Gasteiger partial charge in [-0.1, -0.05) is 48.3 Å². The average molecular weight is 702 g/mol. The van der Waals surface area contributed by atoms with Crippen LogP contribution in [0.2, 0.25) is 0 Å². The molecule has 2 heterocycles. The first-order valence-corrected chi connectivity index (χ1v) is 18.9. The van der Waals surface area contributed by atoms with E-state index < -0.39 is 74.5 Å². The minimum atomic E-state index is -3.88. The number of nitrogens with zero attached hydrogens (tertiary/aromatic N) is 2. The summed E-state index contributed by atoms with van der Waals surface area (Å²) in [5, 5.41) is 8.85. The maximum atomic E-state index is 14.2. The number of nitrogens with one attached hydrogen (secondary N) is 3. The van der Waals surface area contributed by atoms with E-state index >= 15 is 0 Å². The molecule has 1 aromatic carbocycles. The molecule has 13 nitrogen and oxygen atoms in total. The number of amides is 4. The molecule has 1 unspecified atom stereocenters. The van der Waals surface area contributed by atoms with Crippen molar-refractivity contribution in [1.82, 2.24) is 20.3 Å². The van der Waals surface area contributed by atoms with E-state index in [4.69, 9.17) is 9.57 Å². The summed E-state index contributed by atoms with van der Waals surface area (Å²) in [5.74, 6) is -2.91. The second-order valence-corrected chi connectivity index (χ2v) is 15.7. The molecule has 1 aromatic rings. The Hall–Kier alpha value is -4.01. The van der Waals surface area contributed by atoms with Crippen LogP contribution in [-0.2, 0) is 34.0 Å². The van der Waals surface area contributed by atoms with Crippen molar-refractivity contribution in [3.63, 3.8) is 0 Å². The van der Waals surface area contributed by atoms with Crippen LogP contribution < -0.4 is 15.4 Å². The van der Waals surface area contributed by atoms with Crippen molar-refractivity contribution in [2.24, 2.45) is 11.1 Å². The standard InChI is InChI=1S/C34H44FN5O8S/c35-27-14-9-6-10-22(27)20-36-48-25-18-29-30(41)38-34(32(43)39-49(45,46)26-16-17-26)19-23(34)11-4-2-1-3-5-15-28(31(42)40(29)21-25)37-33(44)47-24-12-7-8-13-24/h4,6,9-11,14,20,23-26,28-29H,1-3,5,7-8,12-13,15-19,21H2,(H,37,44)(H,38,41)(H,39,43)/b11-4-,36-20+/t23-,25-,28+,29+,34?/m1/s1. The number of alkyl carbamates (subject to hydrolysis) is 1. The fourth-order valence-corrected chi connectivity index (χ4v) is 8.29. The molecule has 3 aliphatic carbocycles. The van der Waals surface area contributed by atoms with Crippen molar-refractivity contribution in [3.05, 3.63) is 47.8 Å². The third-order valence-electron chi connectivity index (χ3n) is 10.0. The van der Waals surface area contributed by atoms with E-state index in [2.05, 4.69) is 20.5 Å². The Morgan fingerprint density at radius 1 is 1.02 bits per heavy atom. The number of hydrogen-bond acceptors (Lipinski definition) is 9. The van der Waals surface area contributed by atoms with Crippen LogP contribution in [0, 0.1) is 11.7 Å².